The van der Waals surface area contributed by atoms with Crippen LogP contribution < -0.4 is 23.8 Å². The van der Waals surface area contributed by atoms with Crippen molar-refractivity contribution in [3.8, 4) is 23.0 Å². The number of methoxy groups -OCH3 is 3. The van der Waals surface area contributed by atoms with E-state index in [0.29, 0.717) is 57.8 Å². The highest BCUT2D eigenvalue weighted by Gasteiger charge is 2.16. The monoisotopic (exact) mass is 548 g/mol. The Morgan fingerprint density at radius 1 is 0.650 bits per heavy atom. The van der Waals surface area contributed by atoms with Gasteiger partial charge in [0, 0.05) is 19.2 Å². The second-order valence-electron chi connectivity index (χ2n) is 8.87. The van der Waals surface area contributed by atoms with Crippen molar-refractivity contribution in [2.75, 3.05) is 52.7 Å². The lowest BCUT2D eigenvalue weighted by atomic mass is 10.1. The number of rotatable bonds is 17. The second kappa shape index (κ2) is 15.4. The van der Waals surface area contributed by atoms with E-state index < -0.39 is 0 Å². The van der Waals surface area contributed by atoms with Gasteiger partial charge in [-0.25, -0.2) is 0 Å². The van der Waals surface area contributed by atoms with Crippen LogP contribution in [0.4, 0.5) is 6.01 Å². The van der Waals surface area contributed by atoms with E-state index in [1.807, 2.05) is 60.7 Å². The maximum Gasteiger partial charge on any atom is 0.298 e. The van der Waals surface area contributed by atoms with E-state index in [4.69, 9.17) is 32.8 Å². The van der Waals surface area contributed by atoms with Crippen LogP contribution in [-0.4, -0.2) is 52.7 Å². The Morgan fingerprint density at radius 3 is 1.85 bits per heavy atom. The molecule has 9 nitrogen and oxygen atoms in total. The van der Waals surface area contributed by atoms with Crippen molar-refractivity contribution in [3.63, 3.8) is 0 Å². The van der Waals surface area contributed by atoms with E-state index in [2.05, 4.69) is 22.0 Å². The maximum atomic E-state index is 5.87. The van der Waals surface area contributed by atoms with Gasteiger partial charge in [0.15, 0.2) is 0 Å². The van der Waals surface area contributed by atoms with Crippen LogP contribution in [0.25, 0.3) is 0 Å². The van der Waals surface area contributed by atoms with Crippen LogP contribution in [0.15, 0.2) is 83.5 Å². The first-order valence-corrected chi connectivity index (χ1v) is 13.0. The van der Waals surface area contributed by atoms with Gasteiger partial charge in [-0.1, -0.05) is 30.3 Å². The number of anilines is 1. The van der Waals surface area contributed by atoms with Gasteiger partial charge in [0.1, 0.15) is 41.6 Å². The molecule has 0 atom stereocenters. The molecule has 0 saturated carbocycles. The van der Waals surface area contributed by atoms with E-state index >= 15 is 0 Å². The summed E-state index contributed by atoms with van der Waals surface area (Å²) < 4.78 is 38.9. The van der Waals surface area contributed by atoms with E-state index in [1.54, 1.807) is 27.6 Å². The fourth-order valence-electron chi connectivity index (χ4n) is 3.99. The van der Waals surface area contributed by atoms with Gasteiger partial charge in [0.2, 0.25) is 0 Å². The van der Waals surface area contributed by atoms with Crippen LogP contribution in [0, 0.1) is 0 Å². The Kier molecular flexibility index (Phi) is 11.1. The molecule has 0 saturated heterocycles. The summed E-state index contributed by atoms with van der Waals surface area (Å²) in [5, 5.41) is 0. The van der Waals surface area contributed by atoms with Gasteiger partial charge >= 0.3 is 0 Å². The molecule has 40 heavy (non-hydrogen) atoms. The molecule has 0 aliphatic heterocycles. The van der Waals surface area contributed by atoms with E-state index in [0.717, 1.165) is 34.1 Å². The summed E-state index contributed by atoms with van der Waals surface area (Å²) in [4.78, 5) is 6.75. The molecule has 0 unspecified atom stereocenters. The van der Waals surface area contributed by atoms with Crippen LogP contribution in [0.1, 0.15) is 16.8 Å². The zero-order chi connectivity index (χ0) is 28.0. The predicted octanol–water partition coefficient (Wildman–Crippen LogP) is 5.52. The SMILES string of the molecule is COc1cccc(CN(Cc2cccc(OC)c2)c2nc(COCCOCCOc3cccc(OC)c3)co2)c1. The second-order valence-corrected chi connectivity index (χ2v) is 8.87. The molecule has 4 aromatic rings. The lowest BCUT2D eigenvalue weighted by Crippen LogP contribution is -2.22. The Bertz CT molecular complexity index is 1260. The Balaban J connectivity index is 1.26. The summed E-state index contributed by atoms with van der Waals surface area (Å²) >= 11 is 0. The average Bonchev–Trinajstić information content (AvgIpc) is 3.47. The van der Waals surface area contributed by atoms with Crippen molar-refractivity contribution in [1.29, 1.82) is 0 Å². The van der Waals surface area contributed by atoms with Gasteiger partial charge in [-0.3, -0.25) is 0 Å². The summed E-state index contributed by atoms with van der Waals surface area (Å²) in [7, 11) is 4.95. The summed E-state index contributed by atoms with van der Waals surface area (Å²) in [6.07, 6.45) is 1.63. The molecule has 0 aliphatic carbocycles. The molecule has 9 heteroatoms. The molecule has 0 amide bonds. The maximum absolute atomic E-state index is 5.87. The quantitative estimate of drug-likeness (QED) is 0.158. The predicted molar refractivity (Wildman–Crippen MR) is 151 cm³/mol. The summed E-state index contributed by atoms with van der Waals surface area (Å²) in [6.45, 7) is 3.26. The number of hydrogen-bond acceptors (Lipinski definition) is 9. The largest absolute Gasteiger partial charge is 0.497 e. The molecule has 1 aromatic heterocycles. The molecule has 0 bridgehead atoms. The number of benzene rings is 3. The van der Waals surface area contributed by atoms with Gasteiger partial charge in [0.05, 0.1) is 47.8 Å². The average molecular weight is 549 g/mol. The molecule has 3 aromatic carbocycles. The standard InChI is InChI=1S/C31H36N2O7/c1-34-27-9-4-7-24(17-27)20-33(21-25-8-5-10-28(18-25)35-2)31-32-26(23-40-31)22-38-14-13-37-15-16-39-30-12-6-11-29(19-30)36-3/h4-12,17-19,23H,13-16,20-22H2,1-3H3. The Morgan fingerprint density at radius 2 is 1.20 bits per heavy atom. The number of oxazole rings is 1. The van der Waals surface area contributed by atoms with Crippen molar-refractivity contribution in [3.05, 3.63) is 95.9 Å². The number of hydrogen-bond donors (Lipinski definition) is 0. The first-order valence-electron chi connectivity index (χ1n) is 13.0. The minimum absolute atomic E-state index is 0.319. The van der Waals surface area contributed by atoms with Crippen molar-refractivity contribution >= 4 is 6.01 Å². The normalized spacial score (nSPS) is 10.8. The molecule has 0 radical (unpaired) electrons. The third-order valence-electron chi connectivity index (χ3n) is 5.98. The number of aromatic nitrogens is 1. The zero-order valence-corrected chi connectivity index (χ0v) is 23.2. The fourth-order valence-corrected chi connectivity index (χ4v) is 3.99. The molecular weight excluding hydrogens is 512 g/mol. The summed E-state index contributed by atoms with van der Waals surface area (Å²) in [5.41, 5.74) is 2.86. The third kappa shape index (κ3) is 8.93. The van der Waals surface area contributed by atoms with Gasteiger partial charge in [0.25, 0.3) is 6.01 Å². The minimum atomic E-state index is 0.319. The molecular formula is C31H36N2O7. The third-order valence-corrected chi connectivity index (χ3v) is 5.98. The van der Waals surface area contributed by atoms with Gasteiger partial charge in [-0.2, -0.15) is 4.98 Å². The van der Waals surface area contributed by atoms with Crippen LogP contribution in [-0.2, 0) is 29.2 Å². The van der Waals surface area contributed by atoms with Crippen molar-refractivity contribution in [1.82, 2.24) is 4.98 Å². The molecule has 0 spiro atoms. The Labute approximate surface area is 235 Å². The minimum Gasteiger partial charge on any atom is -0.497 e. The van der Waals surface area contributed by atoms with Crippen LogP contribution >= 0.6 is 0 Å². The molecule has 4 rings (SSSR count). The smallest absolute Gasteiger partial charge is 0.298 e. The van der Waals surface area contributed by atoms with Gasteiger partial charge in [-0.05, 0) is 47.5 Å². The molecule has 0 aliphatic rings. The first-order chi connectivity index (χ1) is 19.7. The van der Waals surface area contributed by atoms with E-state index in [-0.39, 0.29) is 0 Å². The van der Waals surface area contributed by atoms with Crippen LogP contribution in [0.2, 0.25) is 0 Å². The molecule has 0 N–H and O–H groups in total. The van der Waals surface area contributed by atoms with E-state index in [1.165, 1.54) is 0 Å². The zero-order valence-electron chi connectivity index (χ0n) is 23.2. The number of ether oxygens (including phenoxy) is 6. The van der Waals surface area contributed by atoms with Crippen molar-refractivity contribution in [2.24, 2.45) is 0 Å². The van der Waals surface area contributed by atoms with Gasteiger partial charge < -0.3 is 37.7 Å². The number of nitrogens with zero attached hydrogens (tertiary/aromatic N) is 2. The summed E-state index contributed by atoms with van der Waals surface area (Å²) in [5.74, 6) is 3.10. The van der Waals surface area contributed by atoms with Crippen LogP contribution in [0.3, 0.4) is 0 Å². The van der Waals surface area contributed by atoms with Crippen LogP contribution in [0.5, 0.6) is 23.0 Å². The highest BCUT2D eigenvalue weighted by atomic mass is 16.5. The van der Waals surface area contributed by atoms with Gasteiger partial charge in [-0.15, -0.1) is 0 Å². The first kappa shape index (κ1) is 28.8. The fraction of sp³-hybridized carbons (Fsp3) is 0.323. The van der Waals surface area contributed by atoms with E-state index in [9.17, 15) is 0 Å². The Hall–Kier alpha value is -4.21. The molecule has 1 heterocycles. The lowest BCUT2D eigenvalue weighted by molar-refractivity contribution is 0.0294. The molecule has 0 fully saturated rings. The van der Waals surface area contributed by atoms with Crippen molar-refractivity contribution in [2.45, 2.75) is 19.7 Å². The highest BCUT2D eigenvalue weighted by molar-refractivity contribution is 5.37. The van der Waals surface area contributed by atoms with Crippen molar-refractivity contribution < 1.29 is 32.8 Å². The lowest BCUT2D eigenvalue weighted by Gasteiger charge is -2.21. The topological polar surface area (TPSA) is 84.7 Å². The molecule has 212 valence electrons. The highest BCUT2D eigenvalue weighted by Crippen LogP contribution is 2.24. The summed E-state index contributed by atoms with van der Waals surface area (Å²) in [6, 6.07) is 23.9.